The third kappa shape index (κ3) is 3.79. The maximum Gasteiger partial charge on any atom is 0.419 e. The number of fused-ring (bicyclic) bond motifs is 1. The van der Waals surface area contributed by atoms with Gasteiger partial charge in [0.15, 0.2) is 0 Å². The first-order valence-corrected chi connectivity index (χ1v) is 10.3. The Kier molecular flexibility index (Phi) is 4.84. The molecule has 1 aliphatic rings. The van der Waals surface area contributed by atoms with Gasteiger partial charge in [0.05, 0.1) is 16.8 Å². The van der Waals surface area contributed by atoms with E-state index in [0.717, 1.165) is 18.9 Å². The smallest absolute Gasteiger partial charge is 0.419 e. The van der Waals surface area contributed by atoms with Crippen molar-refractivity contribution in [1.82, 2.24) is 14.8 Å². The van der Waals surface area contributed by atoms with Crippen LogP contribution in [-0.4, -0.2) is 20.5 Å². The van der Waals surface area contributed by atoms with Crippen LogP contribution < -0.4 is 10.3 Å². The summed E-state index contributed by atoms with van der Waals surface area (Å²) in [6, 6.07) is 11.0. The quantitative estimate of drug-likeness (QED) is 0.423. The summed E-state index contributed by atoms with van der Waals surface area (Å²) in [5.74, 6) is -0.538. The van der Waals surface area contributed by atoms with Crippen LogP contribution in [0.5, 0.6) is 11.5 Å². The van der Waals surface area contributed by atoms with E-state index in [1.807, 2.05) is 0 Å². The molecule has 0 spiro atoms. The monoisotopic (exact) mass is 453 g/mol. The van der Waals surface area contributed by atoms with Crippen LogP contribution in [0.2, 0.25) is 0 Å². The van der Waals surface area contributed by atoms with Crippen LogP contribution in [0.15, 0.2) is 59.5 Å². The number of benzene rings is 2. The number of carbonyl (C=O) groups is 1. The van der Waals surface area contributed by atoms with E-state index in [1.54, 1.807) is 19.2 Å². The zero-order valence-electron chi connectivity index (χ0n) is 17.4. The number of aromatic amines is 1. The number of rotatable bonds is 5. The molecule has 2 heterocycles. The molecule has 5 rings (SSSR count). The highest BCUT2D eigenvalue weighted by Crippen LogP contribution is 2.41. The second kappa shape index (κ2) is 7.61. The summed E-state index contributed by atoms with van der Waals surface area (Å²) < 4.78 is 47.1. The Morgan fingerprint density at radius 3 is 2.61 bits per heavy atom. The Morgan fingerprint density at radius 2 is 1.88 bits per heavy atom. The lowest BCUT2D eigenvalue weighted by Crippen LogP contribution is -2.19. The summed E-state index contributed by atoms with van der Waals surface area (Å²) in [5.41, 5.74) is 0.0549. The molecule has 0 saturated heterocycles. The zero-order valence-corrected chi connectivity index (χ0v) is 17.4. The lowest BCUT2D eigenvalue weighted by molar-refractivity contribution is -0.138. The second-order valence-corrected chi connectivity index (χ2v) is 8.01. The number of aromatic nitrogens is 3. The molecule has 1 N–H and O–H groups in total. The number of ketones is 1. The van der Waals surface area contributed by atoms with E-state index in [4.69, 9.17) is 4.74 Å². The van der Waals surface area contributed by atoms with Crippen molar-refractivity contribution in [3.63, 3.8) is 0 Å². The Hall–Kier alpha value is -3.88. The number of hydrogen-bond donors (Lipinski definition) is 1. The minimum absolute atomic E-state index is 0.0909. The topological polar surface area (TPSA) is 77.0 Å². The highest BCUT2D eigenvalue weighted by molar-refractivity contribution is 6.11. The Bertz CT molecular complexity index is 1450. The van der Waals surface area contributed by atoms with Gasteiger partial charge in [-0.2, -0.15) is 13.2 Å². The molecule has 0 unspecified atom stereocenters. The number of ether oxygens (including phenoxy) is 1. The second-order valence-electron chi connectivity index (χ2n) is 8.01. The first-order valence-electron chi connectivity index (χ1n) is 10.3. The van der Waals surface area contributed by atoms with Gasteiger partial charge in [-0.25, -0.2) is 0 Å². The van der Waals surface area contributed by atoms with Crippen LogP contribution >= 0.6 is 0 Å². The number of nitrogens with one attached hydrogen (secondary N) is 1. The predicted molar refractivity (Wildman–Crippen MR) is 115 cm³/mol. The molecular weight excluding hydrogens is 435 g/mol. The fourth-order valence-electron chi connectivity index (χ4n) is 3.86. The van der Waals surface area contributed by atoms with E-state index in [1.165, 1.54) is 41.2 Å². The summed E-state index contributed by atoms with van der Waals surface area (Å²) in [6.45, 7) is 0. The molecular formula is C24H18F3N3O3. The van der Waals surface area contributed by atoms with Gasteiger partial charge < -0.3 is 4.74 Å². The lowest BCUT2D eigenvalue weighted by Gasteiger charge is -2.14. The summed E-state index contributed by atoms with van der Waals surface area (Å²) in [5, 5.41) is 3.33. The lowest BCUT2D eigenvalue weighted by atomic mass is 10.00. The Balaban J connectivity index is 1.59. The number of carbonyl (C=O) groups excluding carboxylic acids is 1. The van der Waals surface area contributed by atoms with Crippen molar-refractivity contribution in [3.8, 4) is 11.5 Å². The molecule has 1 aliphatic carbocycles. The van der Waals surface area contributed by atoms with Crippen molar-refractivity contribution in [3.05, 3.63) is 87.5 Å². The largest absolute Gasteiger partial charge is 0.456 e. The van der Waals surface area contributed by atoms with Gasteiger partial charge in [0.1, 0.15) is 17.1 Å². The molecule has 0 atom stereocenters. The molecule has 33 heavy (non-hydrogen) atoms. The molecule has 9 heteroatoms. The van der Waals surface area contributed by atoms with Crippen LogP contribution in [0.4, 0.5) is 13.2 Å². The molecule has 0 aliphatic heterocycles. The van der Waals surface area contributed by atoms with E-state index in [2.05, 4.69) is 10.1 Å². The van der Waals surface area contributed by atoms with Crippen LogP contribution in [0.25, 0.3) is 10.9 Å². The molecule has 0 bridgehead atoms. The van der Waals surface area contributed by atoms with Crippen molar-refractivity contribution in [1.29, 1.82) is 0 Å². The van der Waals surface area contributed by atoms with Gasteiger partial charge in [0, 0.05) is 30.1 Å². The summed E-state index contributed by atoms with van der Waals surface area (Å²) >= 11 is 0. The molecule has 168 valence electrons. The van der Waals surface area contributed by atoms with Gasteiger partial charge in [-0.15, -0.1) is 0 Å². The first-order chi connectivity index (χ1) is 15.7. The van der Waals surface area contributed by atoms with Gasteiger partial charge in [-0.05, 0) is 49.2 Å². The van der Waals surface area contributed by atoms with Crippen LogP contribution in [0.1, 0.15) is 45.9 Å². The highest BCUT2D eigenvalue weighted by Gasteiger charge is 2.35. The number of halogens is 3. The molecule has 1 saturated carbocycles. The molecule has 2 aromatic carbocycles. The van der Waals surface area contributed by atoms with Crippen LogP contribution in [0.3, 0.4) is 0 Å². The number of hydrogen-bond acceptors (Lipinski definition) is 4. The number of alkyl halides is 3. The third-order valence-electron chi connectivity index (χ3n) is 5.66. The number of nitrogens with zero attached hydrogens (tertiary/aromatic N) is 2. The standard InChI is InChI=1S/C24H18F3N3O3/c1-30-23(32)20(21(29-30)13-6-7-13)22(31)14-8-9-17-15(12-14)18(10-11-28-17)33-19-5-3-2-4-16(19)24(25,26)27/h2-5,8-13,29H,6-7H2,1H3. The van der Waals surface area contributed by atoms with Crippen molar-refractivity contribution < 1.29 is 22.7 Å². The maximum atomic E-state index is 13.4. The number of pyridine rings is 1. The van der Waals surface area contributed by atoms with Gasteiger partial charge in [0.25, 0.3) is 5.56 Å². The molecule has 2 aromatic heterocycles. The van der Waals surface area contributed by atoms with Crippen molar-refractivity contribution in [2.24, 2.45) is 7.05 Å². The average Bonchev–Trinajstić information content (AvgIpc) is 3.59. The van der Waals surface area contributed by atoms with E-state index in [9.17, 15) is 22.8 Å². The van der Waals surface area contributed by atoms with Gasteiger partial charge in [0.2, 0.25) is 5.78 Å². The maximum absolute atomic E-state index is 13.4. The molecule has 0 radical (unpaired) electrons. The minimum atomic E-state index is -4.59. The fourth-order valence-corrected chi connectivity index (χ4v) is 3.86. The van der Waals surface area contributed by atoms with Crippen molar-refractivity contribution in [2.45, 2.75) is 24.9 Å². The molecule has 4 aromatic rings. The molecule has 1 fully saturated rings. The molecule has 6 nitrogen and oxygen atoms in total. The van der Waals surface area contributed by atoms with Gasteiger partial charge >= 0.3 is 6.18 Å². The van der Waals surface area contributed by atoms with Crippen LogP contribution in [0, 0.1) is 0 Å². The van der Waals surface area contributed by atoms with Crippen LogP contribution in [-0.2, 0) is 13.2 Å². The SMILES string of the molecule is Cn1[nH]c(C2CC2)c(C(=O)c2ccc3nccc(Oc4ccccc4C(F)(F)F)c3c2)c1=O. The van der Waals surface area contributed by atoms with E-state index < -0.39 is 23.1 Å². The summed E-state index contributed by atoms with van der Waals surface area (Å²) in [4.78, 5) is 30.1. The molecule has 0 amide bonds. The minimum Gasteiger partial charge on any atom is -0.456 e. The Labute approximate surface area is 185 Å². The zero-order chi connectivity index (χ0) is 23.3. The van der Waals surface area contributed by atoms with E-state index in [-0.39, 0.29) is 28.5 Å². The van der Waals surface area contributed by atoms with E-state index in [0.29, 0.717) is 16.6 Å². The van der Waals surface area contributed by atoms with Crippen molar-refractivity contribution >= 4 is 16.7 Å². The third-order valence-corrected chi connectivity index (χ3v) is 5.66. The predicted octanol–water partition coefficient (Wildman–Crippen LogP) is 5.18. The van der Waals surface area contributed by atoms with Gasteiger partial charge in [-0.3, -0.25) is 24.4 Å². The average molecular weight is 453 g/mol. The fraction of sp³-hybridized carbons (Fsp3) is 0.208. The number of para-hydroxylation sites is 1. The number of H-pyrrole nitrogens is 1. The van der Waals surface area contributed by atoms with Crippen molar-refractivity contribution in [2.75, 3.05) is 0 Å². The summed E-state index contributed by atoms with van der Waals surface area (Å²) in [6.07, 6.45) is -1.37. The normalized spacial score (nSPS) is 13.9. The Morgan fingerprint density at radius 1 is 1.12 bits per heavy atom. The van der Waals surface area contributed by atoms with Gasteiger partial charge in [-0.1, -0.05) is 12.1 Å². The first kappa shape index (κ1) is 21.0. The highest BCUT2D eigenvalue weighted by atomic mass is 19.4. The van der Waals surface area contributed by atoms with E-state index >= 15 is 0 Å². The summed E-state index contributed by atoms with van der Waals surface area (Å²) in [7, 11) is 1.55. The number of aryl methyl sites for hydroxylation is 1.